The fourth-order valence-corrected chi connectivity index (χ4v) is 3.49. The molecular weight excluding hydrogens is 346 g/mol. The van der Waals surface area contributed by atoms with E-state index in [1.54, 1.807) is 18.2 Å². The number of hydrogen-bond donors (Lipinski definition) is 2. The van der Waals surface area contributed by atoms with E-state index in [1.165, 1.54) is 12.1 Å². The summed E-state index contributed by atoms with van der Waals surface area (Å²) in [5.41, 5.74) is -1.32. The lowest BCUT2D eigenvalue weighted by Crippen LogP contribution is -2.46. The average Bonchev–Trinajstić information content (AvgIpc) is 2.55. The highest BCUT2D eigenvalue weighted by molar-refractivity contribution is 7.91. The number of nitrogens with one attached hydrogen (secondary N) is 1. The molecule has 2 rings (SSSR count). The summed E-state index contributed by atoms with van der Waals surface area (Å²) in [4.78, 5) is 15.8. The lowest BCUT2D eigenvalue weighted by atomic mass is 10.1. The highest BCUT2D eigenvalue weighted by Gasteiger charge is 2.37. The van der Waals surface area contributed by atoms with Crippen LogP contribution in [0.1, 0.15) is 18.3 Å². The van der Waals surface area contributed by atoms with Gasteiger partial charge in [0.1, 0.15) is 6.07 Å². The molecule has 1 amide bonds. The van der Waals surface area contributed by atoms with Gasteiger partial charge in [0.15, 0.2) is 21.3 Å². The van der Waals surface area contributed by atoms with Gasteiger partial charge in [-0.25, -0.2) is 13.4 Å². The predicted molar refractivity (Wildman–Crippen MR) is 87.0 cm³/mol. The molecule has 0 fully saturated rings. The van der Waals surface area contributed by atoms with Crippen LogP contribution in [0, 0.1) is 18.3 Å². The van der Waals surface area contributed by atoms with Crippen LogP contribution in [0.4, 0.5) is 5.82 Å². The van der Waals surface area contributed by atoms with E-state index in [9.17, 15) is 18.3 Å². The molecule has 0 saturated carbocycles. The van der Waals surface area contributed by atoms with Gasteiger partial charge in [-0.05, 0) is 26.0 Å². The third-order valence-corrected chi connectivity index (χ3v) is 5.18. The first-order valence-electron chi connectivity index (χ1n) is 7.07. The number of hydrogen-bond acceptors (Lipinski definition) is 8. The van der Waals surface area contributed by atoms with Crippen LogP contribution in [-0.4, -0.2) is 46.0 Å². The van der Waals surface area contributed by atoms with E-state index in [0.717, 1.165) is 18.7 Å². The van der Waals surface area contributed by atoms with Gasteiger partial charge in [-0.1, -0.05) is 17.7 Å². The van der Waals surface area contributed by atoms with Crippen molar-refractivity contribution in [1.82, 2.24) is 15.2 Å². The van der Waals surface area contributed by atoms with Crippen LogP contribution >= 0.6 is 0 Å². The highest BCUT2D eigenvalue weighted by Crippen LogP contribution is 2.18. The Morgan fingerprint density at radius 3 is 2.48 bits per heavy atom. The van der Waals surface area contributed by atoms with Gasteiger partial charge >= 0.3 is 0 Å². The molecule has 0 unspecified atom stereocenters. The number of aliphatic hydroxyl groups is 1. The maximum absolute atomic E-state index is 12.4. The molecule has 0 spiro atoms. The van der Waals surface area contributed by atoms with Crippen molar-refractivity contribution >= 4 is 21.6 Å². The summed E-state index contributed by atoms with van der Waals surface area (Å²) in [5.74, 6) is -2.10. The molecule has 0 saturated heterocycles. The predicted octanol–water partition coefficient (Wildman–Crippen LogP) is 0.215. The first-order valence-corrected chi connectivity index (χ1v) is 8.72. The second-order valence-electron chi connectivity index (χ2n) is 5.58. The van der Waals surface area contributed by atoms with E-state index < -0.39 is 27.1 Å². The molecule has 0 aliphatic heterocycles. The van der Waals surface area contributed by atoms with Gasteiger partial charge in [-0.3, -0.25) is 4.79 Å². The van der Waals surface area contributed by atoms with E-state index >= 15 is 0 Å². The molecular formula is C15H15N5O4S. The number of aryl methyl sites for hydroxylation is 1. The lowest BCUT2D eigenvalue weighted by molar-refractivity contribution is -0.130. The standard InChI is InChI=1S/C15H15N5O4S/c1-10-3-5-11(6-4-10)25(23,24)9-15(2,22)14(21)18-13-8-17-12(7-16)19-20-13/h3-6,8,22H,9H2,1-2H3,(H,18,20,21)/t15-/m0/s1. The molecule has 25 heavy (non-hydrogen) atoms. The largest absolute Gasteiger partial charge is 0.379 e. The minimum atomic E-state index is -3.89. The Morgan fingerprint density at radius 2 is 1.96 bits per heavy atom. The number of amides is 1. The first-order chi connectivity index (χ1) is 11.6. The Hall–Kier alpha value is -2.90. The Morgan fingerprint density at radius 1 is 1.32 bits per heavy atom. The monoisotopic (exact) mass is 361 g/mol. The van der Waals surface area contributed by atoms with Gasteiger partial charge in [0, 0.05) is 0 Å². The first kappa shape index (κ1) is 18.4. The molecule has 1 atom stereocenters. The van der Waals surface area contributed by atoms with Gasteiger partial charge < -0.3 is 10.4 Å². The normalized spacial score (nSPS) is 13.5. The number of sulfone groups is 1. The van der Waals surface area contributed by atoms with Crippen LogP contribution in [0.5, 0.6) is 0 Å². The Kier molecular flexibility index (Phi) is 5.10. The number of anilines is 1. The number of carbonyl (C=O) groups excluding carboxylic acids is 1. The SMILES string of the molecule is Cc1ccc(S(=O)(=O)C[C@](C)(O)C(=O)Nc2cnc(C#N)nn2)cc1. The van der Waals surface area contributed by atoms with E-state index in [1.807, 2.05) is 6.92 Å². The quantitative estimate of drug-likeness (QED) is 0.768. The molecule has 0 bridgehead atoms. The number of carbonyl (C=O) groups is 1. The zero-order valence-electron chi connectivity index (χ0n) is 13.5. The van der Waals surface area contributed by atoms with Crippen LogP contribution in [0.2, 0.25) is 0 Å². The molecule has 130 valence electrons. The highest BCUT2D eigenvalue weighted by atomic mass is 32.2. The van der Waals surface area contributed by atoms with Crippen molar-refractivity contribution in [2.24, 2.45) is 0 Å². The molecule has 0 aliphatic carbocycles. The van der Waals surface area contributed by atoms with E-state index in [0.29, 0.717) is 0 Å². The second-order valence-corrected chi connectivity index (χ2v) is 7.57. The minimum absolute atomic E-state index is 0.00556. The van der Waals surface area contributed by atoms with Crippen LogP contribution in [0.3, 0.4) is 0 Å². The zero-order chi connectivity index (χ0) is 18.7. The molecule has 2 N–H and O–H groups in total. The summed E-state index contributed by atoms with van der Waals surface area (Å²) in [5, 5.41) is 28.1. The molecule has 1 heterocycles. The molecule has 1 aromatic heterocycles. The average molecular weight is 361 g/mol. The summed E-state index contributed by atoms with van der Waals surface area (Å²) >= 11 is 0. The number of nitrogens with zero attached hydrogens (tertiary/aromatic N) is 4. The van der Waals surface area contributed by atoms with Crippen molar-refractivity contribution in [2.45, 2.75) is 24.3 Å². The topological polar surface area (TPSA) is 146 Å². The van der Waals surface area contributed by atoms with Crippen molar-refractivity contribution in [3.8, 4) is 6.07 Å². The van der Waals surface area contributed by atoms with Crippen LogP contribution < -0.4 is 5.32 Å². The number of nitriles is 1. The van der Waals surface area contributed by atoms with Gasteiger partial charge in [0.2, 0.25) is 0 Å². The molecule has 0 aliphatic rings. The molecule has 2 aromatic rings. The molecule has 1 aromatic carbocycles. The van der Waals surface area contributed by atoms with Gasteiger partial charge in [-0.15, -0.1) is 10.2 Å². The van der Waals surface area contributed by atoms with Crippen molar-refractivity contribution in [2.75, 3.05) is 11.1 Å². The van der Waals surface area contributed by atoms with E-state index in [2.05, 4.69) is 20.5 Å². The molecule has 0 radical (unpaired) electrons. The maximum atomic E-state index is 12.4. The fourth-order valence-electron chi connectivity index (χ4n) is 1.90. The van der Waals surface area contributed by atoms with Crippen molar-refractivity contribution in [3.05, 3.63) is 41.9 Å². The smallest absolute Gasteiger partial charge is 0.258 e. The summed E-state index contributed by atoms with van der Waals surface area (Å²) in [6.07, 6.45) is 1.08. The van der Waals surface area contributed by atoms with E-state index in [4.69, 9.17) is 5.26 Å². The maximum Gasteiger partial charge on any atom is 0.258 e. The zero-order valence-corrected chi connectivity index (χ0v) is 14.3. The minimum Gasteiger partial charge on any atom is -0.379 e. The van der Waals surface area contributed by atoms with Crippen LogP contribution in [-0.2, 0) is 14.6 Å². The van der Waals surface area contributed by atoms with Crippen molar-refractivity contribution in [1.29, 1.82) is 5.26 Å². The second kappa shape index (κ2) is 6.92. The summed E-state index contributed by atoms with van der Waals surface area (Å²) in [7, 11) is -3.89. The Bertz CT molecular complexity index is 916. The van der Waals surface area contributed by atoms with E-state index in [-0.39, 0.29) is 16.5 Å². The Balaban J connectivity index is 2.14. The lowest BCUT2D eigenvalue weighted by Gasteiger charge is -2.21. The van der Waals surface area contributed by atoms with Gasteiger partial charge in [-0.2, -0.15) is 5.26 Å². The number of rotatable bonds is 5. The fraction of sp³-hybridized carbons (Fsp3) is 0.267. The summed E-state index contributed by atoms with van der Waals surface area (Å²) in [6, 6.07) is 7.74. The summed E-state index contributed by atoms with van der Waals surface area (Å²) in [6.45, 7) is 2.89. The van der Waals surface area contributed by atoms with Crippen LogP contribution in [0.15, 0.2) is 35.4 Å². The summed E-state index contributed by atoms with van der Waals surface area (Å²) < 4.78 is 24.8. The van der Waals surface area contributed by atoms with Crippen molar-refractivity contribution in [3.63, 3.8) is 0 Å². The van der Waals surface area contributed by atoms with Gasteiger partial charge in [0.25, 0.3) is 11.7 Å². The third-order valence-electron chi connectivity index (χ3n) is 3.24. The molecule has 9 nitrogen and oxygen atoms in total. The number of benzene rings is 1. The van der Waals surface area contributed by atoms with Gasteiger partial charge in [0.05, 0.1) is 16.8 Å². The number of aromatic nitrogens is 3. The Labute approximate surface area is 144 Å². The third kappa shape index (κ3) is 4.56. The molecule has 10 heteroatoms. The van der Waals surface area contributed by atoms with Crippen LogP contribution in [0.25, 0.3) is 0 Å². The van der Waals surface area contributed by atoms with Crippen molar-refractivity contribution < 1.29 is 18.3 Å².